The summed E-state index contributed by atoms with van der Waals surface area (Å²) < 4.78 is 52.7. The van der Waals surface area contributed by atoms with E-state index in [-0.39, 0.29) is 4.90 Å². The number of halogens is 2. The second-order valence-corrected chi connectivity index (χ2v) is 5.72. The van der Waals surface area contributed by atoms with Crippen molar-refractivity contribution in [3.63, 3.8) is 0 Å². The molecule has 0 aliphatic carbocycles. The molecular weight excluding hydrogens is 304 g/mol. The normalized spacial score (nSPS) is 11.1. The van der Waals surface area contributed by atoms with E-state index in [2.05, 4.69) is 0 Å². The first kappa shape index (κ1) is 14.9. The van der Waals surface area contributed by atoms with Crippen LogP contribution >= 0.6 is 0 Å². The van der Waals surface area contributed by atoms with Gasteiger partial charge in [-0.1, -0.05) is 18.2 Å². The third-order valence-corrected chi connectivity index (χ3v) is 3.97. The van der Waals surface area contributed by atoms with Gasteiger partial charge < -0.3 is 5.11 Å². The van der Waals surface area contributed by atoms with Gasteiger partial charge in [0.25, 0.3) is 10.0 Å². The van der Waals surface area contributed by atoms with E-state index >= 15 is 0 Å². The van der Waals surface area contributed by atoms with Gasteiger partial charge in [-0.2, -0.15) is 0 Å². The van der Waals surface area contributed by atoms with Crippen molar-refractivity contribution in [2.75, 3.05) is 4.72 Å². The Morgan fingerprint density at radius 2 is 1.67 bits per heavy atom. The molecular formula is C13H9F2NO4S. The maximum atomic E-state index is 13.6. The number of rotatable bonds is 4. The molecule has 110 valence electrons. The number of carboxylic acids is 1. The smallest absolute Gasteiger partial charge is 0.338 e. The van der Waals surface area contributed by atoms with Crippen molar-refractivity contribution in [2.45, 2.75) is 4.90 Å². The lowest BCUT2D eigenvalue weighted by atomic mass is 10.2. The van der Waals surface area contributed by atoms with Crippen LogP contribution in [0.25, 0.3) is 0 Å². The number of carboxylic acid groups (broad SMARTS) is 1. The van der Waals surface area contributed by atoms with Crippen molar-refractivity contribution >= 4 is 21.7 Å². The Kier molecular flexibility index (Phi) is 3.90. The zero-order valence-electron chi connectivity index (χ0n) is 10.4. The zero-order valence-corrected chi connectivity index (χ0v) is 11.2. The first-order valence-electron chi connectivity index (χ1n) is 5.61. The van der Waals surface area contributed by atoms with Gasteiger partial charge in [0.05, 0.1) is 16.1 Å². The molecule has 0 unspecified atom stereocenters. The van der Waals surface area contributed by atoms with Crippen LogP contribution in [0.3, 0.4) is 0 Å². The van der Waals surface area contributed by atoms with Gasteiger partial charge in [-0.15, -0.1) is 0 Å². The van der Waals surface area contributed by atoms with E-state index in [1.54, 1.807) is 6.07 Å². The van der Waals surface area contributed by atoms with Gasteiger partial charge >= 0.3 is 5.97 Å². The molecule has 2 rings (SSSR count). The van der Waals surface area contributed by atoms with Crippen molar-refractivity contribution < 1.29 is 27.1 Å². The van der Waals surface area contributed by atoms with Crippen LogP contribution in [0.4, 0.5) is 14.5 Å². The highest BCUT2D eigenvalue weighted by Gasteiger charge is 2.20. The van der Waals surface area contributed by atoms with Crippen LogP contribution in [-0.4, -0.2) is 19.5 Å². The number of sulfonamides is 1. The van der Waals surface area contributed by atoms with Crippen molar-refractivity contribution in [2.24, 2.45) is 0 Å². The van der Waals surface area contributed by atoms with E-state index in [1.807, 2.05) is 4.72 Å². The summed E-state index contributed by atoms with van der Waals surface area (Å²) in [5.74, 6) is -4.13. The molecule has 2 N–H and O–H groups in total. The van der Waals surface area contributed by atoms with Gasteiger partial charge in [0, 0.05) is 6.07 Å². The first-order chi connectivity index (χ1) is 9.81. The molecule has 2 aromatic carbocycles. The number of nitrogens with one attached hydrogen (secondary N) is 1. The van der Waals surface area contributed by atoms with E-state index in [0.29, 0.717) is 12.1 Å². The highest BCUT2D eigenvalue weighted by Crippen LogP contribution is 2.22. The fourth-order valence-corrected chi connectivity index (χ4v) is 2.67. The molecule has 0 aromatic heterocycles. The summed E-state index contributed by atoms with van der Waals surface area (Å²) in [6, 6.07) is 8.00. The van der Waals surface area contributed by atoms with Gasteiger partial charge in [-0.05, 0) is 18.2 Å². The van der Waals surface area contributed by atoms with E-state index < -0.39 is 38.9 Å². The molecule has 5 nitrogen and oxygen atoms in total. The first-order valence-corrected chi connectivity index (χ1v) is 7.10. The number of hydrogen-bond acceptors (Lipinski definition) is 3. The maximum Gasteiger partial charge on any atom is 0.338 e. The van der Waals surface area contributed by atoms with Crippen LogP contribution in [0.1, 0.15) is 10.4 Å². The molecule has 2 aromatic rings. The Labute approximate surface area is 118 Å². The average molecular weight is 313 g/mol. The molecule has 0 amide bonds. The molecule has 0 aliphatic rings. The quantitative estimate of drug-likeness (QED) is 0.908. The Morgan fingerprint density at radius 3 is 2.24 bits per heavy atom. The number of carbonyl (C=O) groups is 1. The fraction of sp³-hybridized carbons (Fsp3) is 0. The number of aromatic carboxylic acids is 1. The zero-order chi connectivity index (χ0) is 15.6. The third kappa shape index (κ3) is 3.16. The van der Waals surface area contributed by atoms with Gasteiger partial charge in [0.1, 0.15) is 11.6 Å². The number of anilines is 1. The van der Waals surface area contributed by atoms with E-state index in [0.717, 1.165) is 0 Å². The number of benzene rings is 2. The molecule has 0 aliphatic heterocycles. The Balaban J connectivity index is 2.45. The second-order valence-electron chi connectivity index (χ2n) is 4.04. The average Bonchev–Trinajstić information content (AvgIpc) is 2.42. The van der Waals surface area contributed by atoms with E-state index in [9.17, 15) is 22.0 Å². The van der Waals surface area contributed by atoms with Gasteiger partial charge in [-0.3, -0.25) is 4.72 Å². The molecule has 0 radical (unpaired) electrons. The molecule has 8 heteroatoms. The largest absolute Gasteiger partial charge is 0.478 e. The number of hydrogen-bond donors (Lipinski definition) is 2. The molecule has 0 saturated carbocycles. The van der Waals surface area contributed by atoms with Crippen LogP contribution in [0.15, 0.2) is 47.4 Å². The minimum Gasteiger partial charge on any atom is -0.478 e. The van der Waals surface area contributed by atoms with E-state index in [4.69, 9.17) is 5.11 Å². The van der Waals surface area contributed by atoms with Crippen LogP contribution < -0.4 is 4.72 Å². The van der Waals surface area contributed by atoms with Gasteiger partial charge in [0.2, 0.25) is 0 Å². The summed E-state index contributed by atoms with van der Waals surface area (Å²) in [6.07, 6.45) is 0. The standard InChI is InChI=1S/C13H9F2NO4S/c14-10-7-11(15)12(6-9(10)13(17)18)16-21(19,20)8-4-2-1-3-5-8/h1-7,16H,(H,17,18). The minimum absolute atomic E-state index is 0.134. The molecule has 0 saturated heterocycles. The SMILES string of the molecule is O=C(O)c1cc(NS(=O)(=O)c2ccccc2)c(F)cc1F. The summed E-state index contributed by atoms with van der Waals surface area (Å²) in [7, 11) is -4.10. The molecule has 0 bridgehead atoms. The van der Waals surface area contributed by atoms with Crippen LogP contribution in [0.2, 0.25) is 0 Å². The lowest BCUT2D eigenvalue weighted by molar-refractivity contribution is 0.0692. The lowest BCUT2D eigenvalue weighted by Gasteiger charge is -2.10. The monoisotopic (exact) mass is 313 g/mol. The molecule has 21 heavy (non-hydrogen) atoms. The molecule has 0 heterocycles. The lowest BCUT2D eigenvalue weighted by Crippen LogP contribution is -2.15. The van der Waals surface area contributed by atoms with Crippen molar-refractivity contribution in [3.8, 4) is 0 Å². The molecule has 0 fully saturated rings. The third-order valence-electron chi connectivity index (χ3n) is 2.58. The Morgan fingerprint density at radius 1 is 1.05 bits per heavy atom. The highest BCUT2D eigenvalue weighted by atomic mass is 32.2. The van der Waals surface area contributed by atoms with Crippen LogP contribution in [0.5, 0.6) is 0 Å². The maximum absolute atomic E-state index is 13.6. The fourth-order valence-electron chi connectivity index (χ4n) is 1.59. The minimum atomic E-state index is -4.10. The summed E-state index contributed by atoms with van der Waals surface area (Å²) in [5, 5.41) is 8.76. The van der Waals surface area contributed by atoms with Crippen LogP contribution in [-0.2, 0) is 10.0 Å². The summed E-state index contributed by atoms with van der Waals surface area (Å²) >= 11 is 0. The second kappa shape index (κ2) is 5.49. The Hall–Kier alpha value is -2.48. The predicted molar refractivity (Wildman–Crippen MR) is 70.6 cm³/mol. The summed E-state index contributed by atoms with van der Waals surface area (Å²) in [5.41, 5.74) is -1.47. The predicted octanol–water partition coefficient (Wildman–Crippen LogP) is 2.46. The topological polar surface area (TPSA) is 83.5 Å². The highest BCUT2D eigenvalue weighted by molar-refractivity contribution is 7.92. The summed E-state index contributed by atoms with van der Waals surface area (Å²) in [6.45, 7) is 0. The van der Waals surface area contributed by atoms with Gasteiger partial charge in [-0.25, -0.2) is 22.0 Å². The van der Waals surface area contributed by atoms with Crippen molar-refractivity contribution in [1.82, 2.24) is 0 Å². The molecule has 0 spiro atoms. The van der Waals surface area contributed by atoms with Crippen molar-refractivity contribution in [3.05, 3.63) is 59.7 Å². The molecule has 0 atom stereocenters. The van der Waals surface area contributed by atoms with Gasteiger partial charge in [0.15, 0.2) is 0 Å². The van der Waals surface area contributed by atoms with Crippen molar-refractivity contribution in [1.29, 1.82) is 0 Å². The Bertz CT molecular complexity index is 791. The summed E-state index contributed by atoms with van der Waals surface area (Å²) in [4.78, 5) is 10.6. The van der Waals surface area contributed by atoms with E-state index in [1.165, 1.54) is 24.3 Å². The van der Waals surface area contributed by atoms with Crippen LogP contribution in [0, 0.1) is 11.6 Å².